The number of nitrogens with zero attached hydrogens (tertiary/aromatic N) is 1. The van der Waals surface area contributed by atoms with Crippen molar-refractivity contribution in [3.63, 3.8) is 0 Å². The van der Waals surface area contributed by atoms with Gasteiger partial charge in [0.2, 0.25) is 0 Å². The summed E-state index contributed by atoms with van der Waals surface area (Å²) in [6.45, 7) is 3.55. The quantitative estimate of drug-likeness (QED) is 0.786. The second kappa shape index (κ2) is 6.26. The molecule has 3 nitrogen and oxygen atoms in total. The van der Waals surface area contributed by atoms with Gasteiger partial charge in [0.15, 0.2) is 0 Å². The first kappa shape index (κ1) is 15.5. The number of ether oxygens (including phenoxy) is 1. The summed E-state index contributed by atoms with van der Waals surface area (Å²) in [6.07, 6.45) is -2.91. The number of aryl methyl sites for hydroxylation is 1. The van der Waals surface area contributed by atoms with Crippen molar-refractivity contribution in [3.8, 4) is 10.6 Å². The molecule has 0 radical (unpaired) electrons. The third kappa shape index (κ3) is 3.24. The fourth-order valence-corrected chi connectivity index (χ4v) is 2.71. The van der Waals surface area contributed by atoms with Crippen molar-refractivity contribution in [2.24, 2.45) is 0 Å². The van der Waals surface area contributed by atoms with Crippen molar-refractivity contribution >= 4 is 17.3 Å². The molecule has 0 bridgehead atoms. The van der Waals surface area contributed by atoms with E-state index in [0.717, 1.165) is 23.5 Å². The van der Waals surface area contributed by atoms with Gasteiger partial charge in [-0.25, -0.2) is 22.9 Å². The molecule has 0 N–H and O–H groups in total. The molecule has 0 saturated heterocycles. The molecule has 1 heterocycles. The predicted octanol–water partition coefficient (Wildman–Crippen LogP) is 4.37. The average molecular weight is 315 g/mol. The van der Waals surface area contributed by atoms with Crippen molar-refractivity contribution in [1.82, 2.24) is 4.98 Å². The lowest BCUT2D eigenvalue weighted by Crippen LogP contribution is -2.03. The summed E-state index contributed by atoms with van der Waals surface area (Å²) in [5.74, 6) is -1.47. The molecule has 0 fully saturated rings. The molecule has 21 heavy (non-hydrogen) atoms. The number of hydrogen-bond acceptors (Lipinski definition) is 4. The smallest absolute Gasteiger partial charge is 0.350 e. The van der Waals surface area contributed by atoms with Gasteiger partial charge in [0.1, 0.15) is 15.7 Å². The third-order valence-electron chi connectivity index (χ3n) is 2.74. The van der Waals surface area contributed by atoms with E-state index in [2.05, 4.69) is 4.98 Å². The highest BCUT2D eigenvalue weighted by molar-refractivity contribution is 7.17. The largest absolute Gasteiger partial charge is 0.462 e. The Kier molecular flexibility index (Phi) is 4.62. The minimum atomic E-state index is -2.91. The molecule has 1 aromatic carbocycles. The number of thiazole rings is 1. The zero-order chi connectivity index (χ0) is 15.6. The van der Waals surface area contributed by atoms with Crippen LogP contribution in [0.5, 0.6) is 0 Å². The number of carbonyl (C=O) groups excluding carboxylic acids is 1. The molecule has 7 heteroatoms. The van der Waals surface area contributed by atoms with Crippen LogP contribution in [0.4, 0.5) is 13.2 Å². The van der Waals surface area contributed by atoms with E-state index in [1.54, 1.807) is 13.8 Å². The number of benzene rings is 1. The average Bonchev–Trinajstić information content (AvgIpc) is 2.81. The molecule has 0 saturated carbocycles. The van der Waals surface area contributed by atoms with Gasteiger partial charge < -0.3 is 4.74 Å². The molecule has 0 unspecified atom stereocenters. The van der Waals surface area contributed by atoms with Crippen molar-refractivity contribution in [2.45, 2.75) is 20.3 Å². The number of hydrogen-bond donors (Lipinski definition) is 0. The van der Waals surface area contributed by atoms with Gasteiger partial charge in [0.05, 0.1) is 17.9 Å². The van der Waals surface area contributed by atoms with Gasteiger partial charge in [-0.2, -0.15) is 0 Å². The number of rotatable bonds is 4. The summed E-state index contributed by atoms with van der Waals surface area (Å²) in [6, 6.07) is 3.37. The molecular formula is C14H12F3NO2S. The predicted molar refractivity (Wildman–Crippen MR) is 73.2 cm³/mol. The number of carbonyl (C=O) groups is 1. The van der Waals surface area contributed by atoms with Crippen molar-refractivity contribution < 1.29 is 22.7 Å². The highest BCUT2D eigenvalue weighted by Gasteiger charge is 2.19. The number of aromatic nitrogens is 1. The molecular weight excluding hydrogens is 303 g/mol. The maximum Gasteiger partial charge on any atom is 0.350 e. The monoisotopic (exact) mass is 315 g/mol. The zero-order valence-corrected chi connectivity index (χ0v) is 12.1. The van der Waals surface area contributed by atoms with Crippen LogP contribution in [0.3, 0.4) is 0 Å². The summed E-state index contributed by atoms with van der Waals surface area (Å²) in [5.41, 5.74) is 0.116. The Hall–Kier alpha value is -1.89. The van der Waals surface area contributed by atoms with Crippen LogP contribution in [0.15, 0.2) is 18.2 Å². The standard InChI is InChI=1S/C14H12F3NO2S/c1-3-20-14(19)11-7(2)18-13(21-11)8-4-5-10(15)9(6-8)12(16)17/h4-6,12H,3H2,1-2H3. The number of esters is 1. The highest BCUT2D eigenvalue weighted by Crippen LogP contribution is 2.32. The zero-order valence-electron chi connectivity index (χ0n) is 11.3. The Morgan fingerprint density at radius 1 is 1.43 bits per heavy atom. The van der Waals surface area contributed by atoms with Crippen LogP contribution < -0.4 is 0 Å². The van der Waals surface area contributed by atoms with E-state index in [0.29, 0.717) is 21.1 Å². The van der Waals surface area contributed by atoms with E-state index in [9.17, 15) is 18.0 Å². The molecule has 1 aromatic heterocycles. The highest BCUT2D eigenvalue weighted by atomic mass is 32.1. The lowest BCUT2D eigenvalue weighted by atomic mass is 10.1. The SMILES string of the molecule is CCOC(=O)c1sc(-c2ccc(F)c(C(F)F)c2)nc1C. The Labute approximate surface area is 123 Å². The van der Waals surface area contributed by atoms with E-state index in [1.165, 1.54) is 6.07 Å². The summed E-state index contributed by atoms with van der Waals surface area (Å²) in [4.78, 5) is 16.2. The van der Waals surface area contributed by atoms with Crippen molar-refractivity contribution in [2.75, 3.05) is 6.61 Å². The molecule has 0 amide bonds. The lowest BCUT2D eigenvalue weighted by Gasteiger charge is -2.03. The summed E-state index contributed by atoms with van der Waals surface area (Å²) < 4.78 is 43.6. The maximum absolute atomic E-state index is 13.3. The number of halogens is 3. The molecule has 0 spiro atoms. The second-order valence-corrected chi connectivity index (χ2v) is 5.19. The van der Waals surface area contributed by atoms with Gasteiger partial charge in [-0.3, -0.25) is 0 Å². The molecule has 0 aliphatic rings. The van der Waals surface area contributed by atoms with E-state index in [-0.39, 0.29) is 6.61 Å². The minimum Gasteiger partial charge on any atom is -0.462 e. The first-order valence-corrected chi connectivity index (χ1v) is 6.98. The van der Waals surface area contributed by atoms with Gasteiger partial charge in [0, 0.05) is 5.56 Å². The first-order chi connectivity index (χ1) is 9.93. The van der Waals surface area contributed by atoms with Gasteiger partial charge >= 0.3 is 5.97 Å². The number of alkyl halides is 2. The molecule has 2 aromatic rings. The van der Waals surface area contributed by atoms with Crippen LogP contribution >= 0.6 is 11.3 Å². The first-order valence-electron chi connectivity index (χ1n) is 6.16. The van der Waals surface area contributed by atoms with Crippen LogP contribution in [0.1, 0.15) is 34.3 Å². The van der Waals surface area contributed by atoms with Gasteiger partial charge in [-0.05, 0) is 32.0 Å². The van der Waals surface area contributed by atoms with Crippen LogP contribution in [-0.2, 0) is 4.74 Å². The van der Waals surface area contributed by atoms with Crippen molar-refractivity contribution in [1.29, 1.82) is 0 Å². The van der Waals surface area contributed by atoms with Gasteiger partial charge in [-0.1, -0.05) is 0 Å². The summed E-state index contributed by atoms with van der Waals surface area (Å²) in [7, 11) is 0. The molecule has 0 atom stereocenters. The maximum atomic E-state index is 13.3. The van der Waals surface area contributed by atoms with Crippen LogP contribution in [0.25, 0.3) is 10.6 Å². The lowest BCUT2D eigenvalue weighted by molar-refractivity contribution is 0.0531. The summed E-state index contributed by atoms with van der Waals surface area (Å²) in [5, 5.41) is 0.373. The fraction of sp³-hybridized carbons (Fsp3) is 0.286. The van der Waals surface area contributed by atoms with E-state index in [4.69, 9.17) is 4.74 Å². The fourth-order valence-electron chi connectivity index (χ4n) is 1.75. The molecule has 2 rings (SSSR count). The van der Waals surface area contributed by atoms with Crippen LogP contribution in [0.2, 0.25) is 0 Å². The normalized spacial score (nSPS) is 11.0. The van der Waals surface area contributed by atoms with Crippen LogP contribution in [0, 0.1) is 12.7 Å². The van der Waals surface area contributed by atoms with Crippen molar-refractivity contribution in [3.05, 3.63) is 40.2 Å². The minimum absolute atomic E-state index is 0.234. The topological polar surface area (TPSA) is 39.2 Å². The molecule has 0 aliphatic carbocycles. The Morgan fingerprint density at radius 2 is 2.14 bits per heavy atom. The molecule has 112 valence electrons. The summed E-state index contributed by atoms with van der Waals surface area (Å²) >= 11 is 1.03. The third-order valence-corrected chi connectivity index (χ3v) is 3.92. The van der Waals surface area contributed by atoms with Gasteiger partial charge in [0.25, 0.3) is 6.43 Å². The second-order valence-electron chi connectivity index (χ2n) is 4.19. The Balaban J connectivity index is 2.41. The van der Waals surface area contributed by atoms with E-state index < -0.39 is 23.8 Å². The van der Waals surface area contributed by atoms with Gasteiger partial charge in [-0.15, -0.1) is 11.3 Å². The Morgan fingerprint density at radius 3 is 2.76 bits per heavy atom. The van der Waals surface area contributed by atoms with E-state index >= 15 is 0 Å². The molecule has 0 aliphatic heterocycles. The van der Waals surface area contributed by atoms with E-state index in [1.807, 2.05) is 0 Å². The van der Waals surface area contributed by atoms with Crippen LogP contribution in [-0.4, -0.2) is 17.6 Å². The Bertz CT molecular complexity index is 670.